The lowest BCUT2D eigenvalue weighted by molar-refractivity contribution is 0.426. The Morgan fingerprint density at radius 1 is 0.562 bits per heavy atom. The molecule has 0 saturated carbocycles. The first-order chi connectivity index (χ1) is 15.7. The number of aromatic nitrogens is 1. The van der Waals surface area contributed by atoms with Crippen LogP contribution >= 0.6 is 0 Å². The van der Waals surface area contributed by atoms with E-state index in [0.29, 0.717) is 5.46 Å². The van der Waals surface area contributed by atoms with Crippen molar-refractivity contribution in [2.75, 3.05) is 0 Å². The molecule has 0 amide bonds. The lowest BCUT2D eigenvalue weighted by Crippen LogP contribution is -2.31. The van der Waals surface area contributed by atoms with Crippen LogP contribution in [0, 0.1) is 0 Å². The van der Waals surface area contributed by atoms with Gasteiger partial charge in [-0.1, -0.05) is 78.9 Å². The minimum absolute atomic E-state index is 0.509. The van der Waals surface area contributed by atoms with Crippen LogP contribution in [-0.2, 0) is 0 Å². The summed E-state index contributed by atoms with van der Waals surface area (Å²) in [7, 11) is -1.55. The molecular weight excluding hydrogens is 393 g/mol. The predicted octanol–water partition coefficient (Wildman–Crippen LogP) is 5.28. The Kier molecular flexibility index (Phi) is 4.35. The van der Waals surface area contributed by atoms with Gasteiger partial charge in [0.15, 0.2) is 0 Å². The summed E-state index contributed by atoms with van der Waals surface area (Å²) in [5.41, 5.74) is 5.71. The molecule has 152 valence electrons. The number of hydrogen-bond acceptors (Lipinski definition) is 2. The molecule has 0 spiro atoms. The fourth-order valence-electron chi connectivity index (χ4n) is 4.81. The van der Waals surface area contributed by atoms with Crippen LogP contribution in [0.5, 0.6) is 0 Å². The first-order valence-corrected chi connectivity index (χ1v) is 10.7. The van der Waals surface area contributed by atoms with E-state index >= 15 is 0 Å². The maximum absolute atomic E-state index is 10.1. The van der Waals surface area contributed by atoms with E-state index in [-0.39, 0.29) is 0 Å². The maximum atomic E-state index is 10.1. The fourth-order valence-corrected chi connectivity index (χ4v) is 4.81. The molecule has 2 N–H and O–H groups in total. The zero-order valence-electron chi connectivity index (χ0n) is 17.3. The monoisotopic (exact) mass is 413 g/mol. The van der Waals surface area contributed by atoms with E-state index in [1.165, 1.54) is 5.39 Å². The first-order valence-electron chi connectivity index (χ1n) is 10.7. The van der Waals surface area contributed by atoms with E-state index in [9.17, 15) is 10.0 Å². The molecular formula is C28H20BNO2. The van der Waals surface area contributed by atoms with E-state index in [2.05, 4.69) is 71.3 Å². The zero-order chi connectivity index (χ0) is 21.7. The summed E-state index contributed by atoms with van der Waals surface area (Å²) in [6.07, 6.45) is 0. The summed E-state index contributed by atoms with van der Waals surface area (Å²) in [4.78, 5) is 0. The van der Waals surface area contributed by atoms with Gasteiger partial charge in [0.05, 0.1) is 11.0 Å². The van der Waals surface area contributed by atoms with Gasteiger partial charge in [0, 0.05) is 16.5 Å². The van der Waals surface area contributed by atoms with Crippen LogP contribution in [-0.4, -0.2) is 21.7 Å². The van der Waals surface area contributed by atoms with Crippen LogP contribution in [0.25, 0.3) is 49.4 Å². The second-order valence-electron chi connectivity index (χ2n) is 8.04. The second-order valence-corrected chi connectivity index (χ2v) is 8.04. The quantitative estimate of drug-likeness (QED) is 0.388. The number of nitrogens with zero attached hydrogens (tertiary/aromatic N) is 1. The lowest BCUT2D eigenvalue weighted by Gasteiger charge is -2.14. The molecule has 0 saturated heterocycles. The molecule has 5 aromatic carbocycles. The van der Waals surface area contributed by atoms with Crippen LogP contribution in [0.1, 0.15) is 0 Å². The third-order valence-corrected chi connectivity index (χ3v) is 6.22. The van der Waals surface area contributed by atoms with Gasteiger partial charge >= 0.3 is 7.12 Å². The number of para-hydroxylation sites is 2. The van der Waals surface area contributed by atoms with Crippen molar-refractivity contribution in [2.24, 2.45) is 0 Å². The van der Waals surface area contributed by atoms with Crippen LogP contribution in [0.2, 0.25) is 0 Å². The summed E-state index contributed by atoms with van der Waals surface area (Å²) >= 11 is 0. The summed E-state index contributed by atoms with van der Waals surface area (Å²) in [5.74, 6) is 0. The van der Waals surface area contributed by atoms with E-state index in [0.717, 1.165) is 44.0 Å². The van der Waals surface area contributed by atoms with E-state index in [1.54, 1.807) is 6.07 Å². The van der Waals surface area contributed by atoms with E-state index in [4.69, 9.17) is 0 Å². The van der Waals surface area contributed by atoms with Crippen LogP contribution in [0.4, 0.5) is 0 Å². The van der Waals surface area contributed by atoms with E-state index < -0.39 is 7.12 Å². The highest BCUT2D eigenvalue weighted by Crippen LogP contribution is 2.36. The third-order valence-electron chi connectivity index (χ3n) is 6.22. The van der Waals surface area contributed by atoms with Gasteiger partial charge in [0.1, 0.15) is 0 Å². The van der Waals surface area contributed by atoms with Crippen molar-refractivity contribution >= 4 is 45.2 Å². The molecule has 6 aromatic rings. The minimum atomic E-state index is -1.55. The Balaban J connectivity index is 1.70. The highest BCUT2D eigenvalue weighted by molar-refractivity contribution is 6.61. The molecule has 0 bridgehead atoms. The molecule has 3 nitrogen and oxygen atoms in total. The normalized spacial score (nSPS) is 11.4. The van der Waals surface area contributed by atoms with Crippen LogP contribution in [0.15, 0.2) is 109 Å². The number of hydrogen-bond donors (Lipinski definition) is 2. The van der Waals surface area contributed by atoms with Gasteiger partial charge in [-0.05, 0) is 57.7 Å². The molecule has 0 fully saturated rings. The molecule has 0 radical (unpaired) electrons. The second kappa shape index (κ2) is 7.38. The fraction of sp³-hybridized carbons (Fsp3) is 0. The molecule has 1 aromatic heterocycles. The van der Waals surface area contributed by atoms with Gasteiger partial charge in [0.25, 0.3) is 0 Å². The molecule has 0 aliphatic carbocycles. The van der Waals surface area contributed by atoms with Gasteiger partial charge in [0.2, 0.25) is 0 Å². The molecule has 4 heteroatoms. The Labute approximate surface area is 185 Å². The molecule has 0 aliphatic heterocycles. The third kappa shape index (κ3) is 2.85. The van der Waals surface area contributed by atoms with Gasteiger partial charge in [-0.25, -0.2) is 0 Å². The largest absolute Gasteiger partial charge is 0.489 e. The van der Waals surface area contributed by atoms with Gasteiger partial charge in [-0.3, -0.25) is 0 Å². The summed E-state index contributed by atoms with van der Waals surface area (Å²) < 4.78 is 2.28. The Morgan fingerprint density at radius 2 is 1.25 bits per heavy atom. The minimum Gasteiger partial charge on any atom is -0.423 e. The topological polar surface area (TPSA) is 45.4 Å². The zero-order valence-corrected chi connectivity index (χ0v) is 17.3. The van der Waals surface area contributed by atoms with Crippen molar-refractivity contribution in [1.29, 1.82) is 0 Å². The molecule has 0 aliphatic rings. The summed E-state index contributed by atoms with van der Waals surface area (Å²) in [6, 6.07) is 37.0. The lowest BCUT2D eigenvalue weighted by atomic mass is 9.73. The van der Waals surface area contributed by atoms with Gasteiger partial charge < -0.3 is 14.6 Å². The van der Waals surface area contributed by atoms with E-state index in [1.807, 2.05) is 36.4 Å². The standard InChI is InChI=1S/C28H20BNO2/c31-29(32)25-16-14-19-8-4-5-11-22(19)28(25)20-15-17-27-24(18-20)23-12-6-7-13-26(23)30(27)21-9-2-1-3-10-21/h1-18,31-32H. The Morgan fingerprint density at radius 3 is 2.06 bits per heavy atom. The van der Waals surface area contributed by atoms with Crippen molar-refractivity contribution < 1.29 is 10.0 Å². The molecule has 0 atom stereocenters. The number of benzene rings is 5. The van der Waals surface area contributed by atoms with Crippen molar-refractivity contribution in [1.82, 2.24) is 4.57 Å². The number of fused-ring (bicyclic) bond motifs is 4. The van der Waals surface area contributed by atoms with Gasteiger partial charge in [-0.2, -0.15) is 0 Å². The van der Waals surface area contributed by atoms with Gasteiger partial charge in [-0.15, -0.1) is 0 Å². The highest BCUT2D eigenvalue weighted by Gasteiger charge is 2.20. The Bertz CT molecular complexity index is 1600. The van der Waals surface area contributed by atoms with Crippen molar-refractivity contribution in [3.05, 3.63) is 109 Å². The predicted molar refractivity (Wildman–Crippen MR) is 134 cm³/mol. The average molecular weight is 413 g/mol. The summed E-state index contributed by atoms with van der Waals surface area (Å²) in [5, 5.41) is 24.6. The van der Waals surface area contributed by atoms with Crippen molar-refractivity contribution in [2.45, 2.75) is 0 Å². The molecule has 6 rings (SSSR count). The SMILES string of the molecule is OB(O)c1ccc2ccccc2c1-c1ccc2c(c1)c1ccccc1n2-c1ccccc1. The average Bonchev–Trinajstić information content (AvgIpc) is 3.17. The summed E-state index contributed by atoms with van der Waals surface area (Å²) in [6.45, 7) is 0. The molecule has 1 heterocycles. The van der Waals surface area contributed by atoms with Crippen molar-refractivity contribution in [3.8, 4) is 16.8 Å². The Hall–Kier alpha value is -3.86. The maximum Gasteiger partial charge on any atom is 0.489 e. The molecule has 32 heavy (non-hydrogen) atoms. The molecule has 0 unspecified atom stereocenters. The smallest absolute Gasteiger partial charge is 0.423 e. The van der Waals surface area contributed by atoms with Crippen molar-refractivity contribution in [3.63, 3.8) is 0 Å². The van der Waals surface area contributed by atoms with Crippen LogP contribution < -0.4 is 5.46 Å². The first kappa shape index (κ1) is 18.9. The van der Waals surface area contributed by atoms with Crippen LogP contribution in [0.3, 0.4) is 0 Å². The highest BCUT2D eigenvalue weighted by atomic mass is 16.4. The number of rotatable bonds is 3.